The zero-order valence-electron chi connectivity index (χ0n) is 16.1. The zero-order valence-corrected chi connectivity index (χ0v) is 16.9. The number of ether oxygens (including phenoxy) is 1. The fraction of sp³-hybridized carbons (Fsp3) is 0.238. The standard InChI is InChI=1S/C21H18ClN5O3/c1-12-2-3-14(20-25-19(30-26-20)6-13-10-29-11-13)7-16(12)24-21(28)17-9-23-18-8-15(22)4-5-27(17)18/h2-5,7-9,13H,6,10-11H2,1H3,(H,24,28). The molecule has 0 aliphatic carbocycles. The van der Waals surface area contributed by atoms with Gasteiger partial charge in [0.25, 0.3) is 5.91 Å². The van der Waals surface area contributed by atoms with E-state index in [2.05, 4.69) is 20.4 Å². The Labute approximate surface area is 176 Å². The van der Waals surface area contributed by atoms with Crippen molar-refractivity contribution in [2.45, 2.75) is 13.3 Å². The fourth-order valence-electron chi connectivity index (χ4n) is 3.31. The second kappa shape index (κ2) is 7.55. The van der Waals surface area contributed by atoms with E-state index in [1.54, 1.807) is 22.7 Å². The highest BCUT2D eigenvalue weighted by Crippen LogP contribution is 2.25. The Bertz CT molecular complexity index is 1240. The fourth-order valence-corrected chi connectivity index (χ4v) is 3.46. The van der Waals surface area contributed by atoms with Crippen LogP contribution in [0.1, 0.15) is 21.9 Å². The predicted octanol–water partition coefficient (Wildman–Crippen LogP) is 3.79. The minimum Gasteiger partial charge on any atom is -0.381 e. The van der Waals surface area contributed by atoms with Gasteiger partial charge in [0.15, 0.2) is 0 Å². The lowest BCUT2D eigenvalue weighted by molar-refractivity contribution is -0.0342. The summed E-state index contributed by atoms with van der Waals surface area (Å²) in [6.07, 6.45) is 3.95. The number of hydrogen-bond acceptors (Lipinski definition) is 6. The molecule has 1 N–H and O–H groups in total. The van der Waals surface area contributed by atoms with Crippen LogP contribution < -0.4 is 5.32 Å². The van der Waals surface area contributed by atoms with Crippen LogP contribution in [0.4, 0.5) is 5.69 Å². The van der Waals surface area contributed by atoms with Crippen LogP contribution in [0.2, 0.25) is 5.02 Å². The highest BCUT2D eigenvalue weighted by molar-refractivity contribution is 6.30. The molecular formula is C21H18ClN5O3. The summed E-state index contributed by atoms with van der Waals surface area (Å²) in [5.41, 5.74) is 3.37. The van der Waals surface area contributed by atoms with E-state index < -0.39 is 0 Å². The van der Waals surface area contributed by atoms with Crippen LogP contribution in [-0.2, 0) is 11.2 Å². The number of hydrogen-bond donors (Lipinski definition) is 1. The van der Waals surface area contributed by atoms with Crippen molar-refractivity contribution in [1.29, 1.82) is 0 Å². The van der Waals surface area contributed by atoms with Gasteiger partial charge in [0, 0.05) is 40.9 Å². The first-order valence-corrected chi connectivity index (χ1v) is 9.90. The van der Waals surface area contributed by atoms with Gasteiger partial charge < -0.3 is 14.6 Å². The molecule has 1 saturated heterocycles. The molecule has 152 valence electrons. The van der Waals surface area contributed by atoms with Gasteiger partial charge in [-0.1, -0.05) is 28.9 Å². The van der Waals surface area contributed by atoms with Crippen molar-refractivity contribution < 1.29 is 14.1 Å². The van der Waals surface area contributed by atoms with E-state index in [9.17, 15) is 4.79 Å². The Morgan fingerprint density at radius 1 is 1.30 bits per heavy atom. The molecule has 0 saturated carbocycles. The van der Waals surface area contributed by atoms with Crippen LogP contribution in [0.15, 0.2) is 47.2 Å². The minimum absolute atomic E-state index is 0.274. The van der Waals surface area contributed by atoms with Gasteiger partial charge in [-0.25, -0.2) is 4.98 Å². The van der Waals surface area contributed by atoms with Crippen molar-refractivity contribution in [3.8, 4) is 11.4 Å². The summed E-state index contributed by atoms with van der Waals surface area (Å²) < 4.78 is 12.2. The number of nitrogens with zero attached hydrogens (tertiary/aromatic N) is 4. The van der Waals surface area contributed by atoms with E-state index in [-0.39, 0.29) is 5.91 Å². The zero-order chi connectivity index (χ0) is 20.7. The maximum absolute atomic E-state index is 12.9. The minimum atomic E-state index is -0.274. The topological polar surface area (TPSA) is 94.5 Å². The van der Waals surface area contributed by atoms with Gasteiger partial charge in [0.1, 0.15) is 11.3 Å². The molecular weight excluding hydrogens is 406 g/mol. The summed E-state index contributed by atoms with van der Waals surface area (Å²) in [5.74, 6) is 1.24. The molecule has 1 fully saturated rings. The van der Waals surface area contributed by atoms with Crippen molar-refractivity contribution >= 4 is 28.8 Å². The van der Waals surface area contributed by atoms with Crippen LogP contribution in [0.3, 0.4) is 0 Å². The highest BCUT2D eigenvalue weighted by Gasteiger charge is 2.22. The van der Waals surface area contributed by atoms with Gasteiger partial charge in [-0.15, -0.1) is 0 Å². The van der Waals surface area contributed by atoms with Crippen LogP contribution in [0.5, 0.6) is 0 Å². The Balaban J connectivity index is 1.38. The molecule has 0 radical (unpaired) electrons. The summed E-state index contributed by atoms with van der Waals surface area (Å²) >= 11 is 6.00. The Kier molecular flexibility index (Phi) is 4.72. The van der Waals surface area contributed by atoms with E-state index in [4.69, 9.17) is 20.9 Å². The first-order valence-electron chi connectivity index (χ1n) is 9.52. The van der Waals surface area contributed by atoms with Crippen molar-refractivity contribution in [3.63, 3.8) is 0 Å². The highest BCUT2D eigenvalue weighted by atomic mass is 35.5. The monoisotopic (exact) mass is 423 g/mol. The lowest BCUT2D eigenvalue weighted by Crippen LogP contribution is -2.29. The molecule has 1 aromatic carbocycles. The van der Waals surface area contributed by atoms with Crippen LogP contribution >= 0.6 is 11.6 Å². The molecule has 8 nitrogen and oxygen atoms in total. The molecule has 1 aliphatic rings. The second-order valence-electron chi connectivity index (χ2n) is 7.32. The molecule has 1 amide bonds. The third-order valence-electron chi connectivity index (χ3n) is 5.09. The molecule has 1 aliphatic heterocycles. The predicted molar refractivity (Wildman–Crippen MR) is 111 cm³/mol. The molecule has 5 rings (SSSR count). The van der Waals surface area contributed by atoms with Gasteiger partial charge in [-0.3, -0.25) is 9.20 Å². The third kappa shape index (κ3) is 3.55. The molecule has 4 aromatic rings. The lowest BCUT2D eigenvalue weighted by atomic mass is 10.0. The van der Waals surface area contributed by atoms with Gasteiger partial charge >= 0.3 is 0 Å². The molecule has 0 atom stereocenters. The summed E-state index contributed by atoms with van der Waals surface area (Å²) in [4.78, 5) is 21.6. The number of rotatable bonds is 5. The van der Waals surface area contributed by atoms with Gasteiger partial charge in [-0.2, -0.15) is 4.98 Å². The number of carbonyl (C=O) groups is 1. The van der Waals surface area contributed by atoms with Crippen molar-refractivity contribution in [2.75, 3.05) is 18.5 Å². The first kappa shape index (κ1) is 18.8. The van der Waals surface area contributed by atoms with E-state index in [1.807, 2.05) is 25.1 Å². The average molecular weight is 424 g/mol. The number of imidazole rings is 1. The summed E-state index contributed by atoms with van der Waals surface area (Å²) in [6.45, 7) is 3.38. The quantitative estimate of drug-likeness (QED) is 0.524. The summed E-state index contributed by atoms with van der Waals surface area (Å²) in [7, 11) is 0. The number of carbonyl (C=O) groups excluding carboxylic acids is 1. The van der Waals surface area contributed by atoms with Crippen LogP contribution in [-0.4, -0.2) is 38.6 Å². The number of fused-ring (bicyclic) bond motifs is 1. The number of aryl methyl sites for hydroxylation is 1. The van der Waals surface area contributed by atoms with E-state index in [0.29, 0.717) is 46.1 Å². The number of aromatic nitrogens is 4. The van der Waals surface area contributed by atoms with E-state index >= 15 is 0 Å². The maximum Gasteiger partial charge on any atom is 0.274 e. The molecule has 30 heavy (non-hydrogen) atoms. The van der Waals surface area contributed by atoms with Gasteiger partial charge in [-0.05, 0) is 24.6 Å². The Morgan fingerprint density at radius 2 is 2.17 bits per heavy atom. The molecule has 9 heteroatoms. The third-order valence-corrected chi connectivity index (χ3v) is 5.33. The number of anilines is 1. The normalized spacial score (nSPS) is 14.1. The van der Waals surface area contributed by atoms with Crippen molar-refractivity contribution in [1.82, 2.24) is 19.5 Å². The number of benzene rings is 1. The molecule has 3 aromatic heterocycles. The first-order chi connectivity index (χ1) is 14.6. The lowest BCUT2D eigenvalue weighted by Gasteiger charge is -2.23. The van der Waals surface area contributed by atoms with Crippen LogP contribution in [0, 0.1) is 12.8 Å². The molecule has 4 heterocycles. The number of pyridine rings is 1. The molecule has 0 spiro atoms. The van der Waals surface area contributed by atoms with Gasteiger partial charge in [0.2, 0.25) is 11.7 Å². The maximum atomic E-state index is 12.9. The SMILES string of the molecule is Cc1ccc(-c2noc(CC3COC3)n2)cc1NC(=O)c1cnc2cc(Cl)ccn12. The number of halogens is 1. The van der Waals surface area contributed by atoms with E-state index in [1.165, 1.54) is 6.20 Å². The summed E-state index contributed by atoms with van der Waals surface area (Å²) in [6, 6.07) is 9.07. The van der Waals surface area contributed by atoms with Crippen molar-refractivity contribution in [2.24, 2.45) is 5.92 Å². The second-order valence-corrected chi connectivity index (χ2v) is 7.76. The van der Waals surface area contributed by atoms with Crippen LogP contribution in [0.25, 0.3) is 17.0 Å². The molecule has 0 unspecified atom stereocenters. The molecule has 0 bridgehead atoms. The number of nitrogens with one attached hydrogen (secondary N) is 1. The Morgan fingerprint density at radius 3 is 2.97 bits per heavy atom. The largest absolute Gasteiger partial charge is 0.381 e. The number of amides is 1. The van der Waals surface area contributed by atoms with Crippen molar-refractivity contribution in [3.05, 3.63) is 64.9 Å². The Hall–Kier alpha value is -3.23. The summed E-state index contributed by atoms with van der Waals surface area (Å²) in [5, 5.41) is 7.59. The smallest absolute Gasteiger partial charge is 0.274 e. The van der Waals surface area contributed by atoms with Gasteiger partial charge in [0.05, 0.1) is 19.4 Å². The van der Waals surface area contributed by atoms with E-state index in [0.717, 1.165) is 24.3 Å². The average Bonchev–Trinajstić information content (AvgIpc) is 3.33.